The quantitative estimate of drug-likeness (QED) is 0.600. The maximum Gasteiger partial charge on any atom is 0.275 e. The fourth-order valence-electron chi connectivity index (χ4n) is 3.78. The van der Waals surface area contributed by atoms with Crippen molar-refractivity contribution in [3.05, 3.63) is 64.6 Å². The van der Waals surface area contributed by atoms with Gasteiger partial charge in [-0.2, -0.15) is 5.10 Å². The van der Waals surface area contributed by atoms with E-state index < -0.39 is 0 Å². The predicted octanol–water partition coefficient (Wildman–Crippen LogP) is 1.40. The van der Waals surface area contributed by atoms with Gasteiger partial charge in [-0.25, -0.2) is 4.68 Å². The van der Waals surface area contributed by atoms with Gasteiger partial charge in [0.2, 0.25) is 5.91 Å². The number of rotatable bonds is 5. The van der Waals surface area contributed by atoms with Crippen molar-refractivity contribution in [1.82, 2.24) is 19.6 Å². The number of methoxy groups -OCH3 is 2. The molecule has 1 aromatic heterocycles. The molecular weight excluding hydrogens is 412 g/mol. The van der Waals surface area contributed by atoms with Gasteiger partial charge in [0.25, 0.3) is 11.5 Å². The Labute approximate surface area is 184 Å². The van der Waals surface area contributed by atoms with E-state index in [1.165, 1.54) is 18.9 Å². The molecule has 1 fully saturated rings. The minimum absolute atomic E-state index is 0.132. The normalized spacial score (nSPS) is 13.8. The molecule has 0 radical (unpaired) electrons. The average Bonchev–Trinajstić information content (AvgIpc) is 2.85. The van der Waals surface area contributed by atoms with Crippen LogP contribution in [-0.4, -0.2) is 71.8 Å². The molecule has 166 valence electrons. The first-order valence-electron chi connectivity index (χ1n) is 10.3. The fraction of sp³-hybridized carbons (Fsp3) is 0.304. The van der Waals surface area contributed by atoms with Crippen molar-refractivity contribution >= 4 is 22.6 Å². The van der Waals surface area contributed by atoms with E-state index in [0.717, 1.165) is 5.39 Å². The highest BCUT2D eigenvalue weighted by molar-refractivity contribution is 5.95. The first-order chi connectivity index (χ1) is 15.5. The highest BCUT2D eigenvalue weighted by Gasteiger charge is 2.26. The zero-order valence-electron chi connectivity index (χ0n) is 18.0. The Morgan fingerprint density at radius 1 is 0.938 bits per heavy atom. The average molecular weight is 436 g/mol. The molecule has 0 N–H and O–H groups in total. The number of nitrogens with zero attached hydrogens (tertiary/aromatic N) is 4. The van der Waals surface area contributed by atoms with Crippen LogP contribution in [0.4, 0.5) is 0 Å². The van der Waals surface area contributed by atoms with Crippen molar-refractivity contribution in [2.24, 2.45) is 0 Å². The van der Waals surface area contributed by atoms with E-state index in [-0.39, 0.29) is 23.9 Å². The van der Waals surface area contributed by atoms with Crippen LogP contribution in [0.15, 0.2) is 53.5 Å². The Kier molecular flexibility index (Phi) is 6.07. The molecule has 1 aliphatic rings. The summed E-state index contributed by atoms with van der Waals surface area (Å²) in [5.41, 5.74) is 0.202. The number of carbonyl (C=O) groups is 2. The Balaban J connectivity index is 1.39. The van der Waals surface area contributed by atoms with Crippen LogP contribution in [0, 0.1) is 0 Å². The highest BCUT2D eigenvalue weighted by Crippen LogP contribution is 2.28. The molecule has 0 unspecified atom stereocenters. The zero-order valence-corrected chi connectivity index (χ0v) is 18.0. The number of hydrogen-bond donors (Lipinski definition) is 0. The summed E-state index contributed by atoms with van der Waals surface area (Å²) in [6.45, 7) is 1.45. The predicted molar refractivity (Wildman–Crippen MR) is 118 cm³/mol. The maximum absolute atomic E-state index is 12.9. The van der Waals surface area contributed by atoms with E-state index >= 15 is 0 Å². The number of ether oxygens (including phenoxy) is 2. The Morgan fingerprint density at radius 2 is 1.62 bits per heavy atom. The third kappa shape index (κ3) is 4.14. The van der Waals surface area contributed by atoms with Gasteiger partial charge in [0.1, 0.15) is 6.54 Å². The summed E-state index contributed by atoms with van der Waals surface area (Å²) in [5, 5.41) is 5.39. The molecule has 0 saturated carbocycles. The van der Waals surface area contributed by atoms with E-state index in [0.29, 0.717) is 48.6 Å². The van der Waals surface area contributed by atoms with Crippen molar-refractivity contribution in [3.63, 3.8) is 0 Å². The summed E-state index contributed by atoms with van der Waals surface area (Å²) in [6, 6.07) is 12.2. The van der Waals surface area contributed by atoms with E-state index in [1.807, 2.05) is 12.1 Å². The molecule has 32 heavy (non-hydrogen) atoms. The number of fused-ring (bicyclic) bond motifs is 1. The van der Waals surface area contributed by atoms with Gasteiger partial charge in [0.05, 0.1) is 25.8 Å². The number of benzene rings is 2. The Hall–Kier alpha value is -3.88. The van der Waals surface area contributed by atoms with Gasteiger partial charge >= 0.3 is 0 Å². The number of aromatic nitrogens is 2. The lowest BCUT2D eigenvalue weighted by Gasteiger charge is -2.35. The number of hydrogen-bond acceptors (Lipinski definition) is 6. The monoisotopic (exact) mass is 436 g/mol. The molecule has 0 atom stereocenters. The second-order valence-corrected chi connectivity index (χ2v) is 7.44. The molecule has 0 spiro atoms. The van der Waals surface area contributed by atoms with Gasteiger partial charge < -0.3 is 19.3 Å². The second-order valence-electron chi connectivity index (χ2n) is 7.44. The molecule has 9 heteroatoms. The number of carbonyl (C=O) groups excluding carboxylic acids is 2. The lowest BCUT2D eigenvalue weighted by molar-refractivity contribution is -0.133. The third-order valence-electron chi connectivity index (χ3n) is 5.60. The van der Waals surface area contributed by atoms with Crippen LogP contribution in [0.3, 0.4) is 0 Å². The molecule has 1 saturated heterocycles. The van der Waals surface area contributed by atoms with Gasteiger partial charge in [0.15, 0.2) is 11.5 Å². The molecule has 1 aliphatic heterocycles. The number of piperazine rings is 1. The van der Waals surface area contributed by atoms with Gasteiger partial charge in [-0.1, -0.05) is 18.2 Å². The zero-order chi connectivity index (χ0) is 22.7. The van der Waals surface area contributed by atoms with E-state index in [9.17, 15) is 14.4 Å². The van der Waals surface area contributed by atoms with Crippen LogP contribution in [0.1, 0.15) is 10.4 Å². The molecule has 2 heterocycles. The summed E-state index contributed by atoms with van der Waals surface area (Å²) in [6.07, 6.45) is 1.59. The van der Waals surface area contributed by atoms with E-state index in [2.05, 4.69) is 5.10 Å². The summed E-state index contributed by atoms with van der Waals surface area (Å²) < 4.78 is 11.7. The number of amides is 2. The largest absolute Gasteiger partial charge is 0.493 e. The molecule has 3 aromatic rings. The van der Waals surface area contributed by atoms with Crippen LogP contribution in [0.2, 0.25) is 0 Å². The molecule has 2 amide bonds. The Bertz CT molecular complexity index is 1210. The summed E-state index contributed by atoms with van der Waals surface area (Å²) in [5.74, 6) is 0.705. The SMILES string of the molecule is COc1ccc(C(=O)N2CCN(C(=O)Cn3ncc4ccccc4c3=O)CC2)cc1OC. The van der Waals surface area contributed by atoms with Crippen LogP contribution in [-0.2, 0) is 11.3 Å². The highest BCUT2D eigenvalue weighted by atomic mass is 16.5. The third-order valence-corrected chi connectivity index (χ3v) is 5.60. The summed E-state index contributed by atoms with van der Waals surface area (Å²) >= 11 is 0. The van der Waals surface area contributed by atoms with Gasteiger partial charge in [0, 0.05) is 37.1 Å². The molecular formula is C23H24N4O5. The molecule has 0 bridgehead atoms. The topological polar surface area (TPSA) is 94.0 Å². The molecule has 0 aliphatic carbocycles. The van der Waals surface area contributed by atoms with Crippen molar-refractivity contribution in [2.45, 2.75) is 6.54 Å². The lowest BCUT2D eigenvalue weighted by atomic mass is 10.1. The smallest absolute Gasteiger partial charge is 0.275 e. The first-order valence-corrected chi connectivity index (χ1v) is 10.3. The minimum Gasteiger partial charge on any atom is -0.493 e. The summed E-state index contributed by atoms with van der Waals surface area (Å²) in [7, 11) is 3.06. The van der Waals surface area contributed by atoms with Gasteiger partial charge in [-0.05, 0) is 24.3 Å². The van der Waals surface area contributed by atoms with Crippen molar-refractivity contribution < 1.29 is 19.1 Å². The van der Waals surface area contributed by atoms with Gasteiger partial charge in [-0.3, -0.25) is 14.4 Å². The first kappa shape index (κ1) is 21.4. The van der Waals surface area contributed by atoms with Gasteiger partial charge in [-0.15, -0.1) is 0 Å². The standard InChI is InChI=1S/C23H24N4O5/c1-31-19-8-7-16(13-20(19)32-2)22(29)26-11-9-25(10-12-26)21(28)15-27-23(30)18-6-4-3-5-17(18)14-24-27/h3-8,13-14H,9-12,15H2,1-2H3. The van der Waals surface area contributed by atoms with Crippen LogP contribution >= 0.6 is 0 Å². The minimum atomic E-state index is -0.293. The van der Waals surface area contributed by atoms with Crippen molar-refractivity contribution in [2.75, 3.05) is 40.4 Å². The van der Waals surface area contributed by atoms with Crippen molar-refractivity contribution in [1.29, 1.82) is 0 Å². The van der Waals surface area contributed by atoms with Crippen LogP contribution < -0.4 is 15.0 Å². The molecule has 4 rings (SSSR count). The van der Waals surface area contributed by atoms with Crippen LogP contribution in [0.5, 0.6) is 11.5 Å². The second kappa shape index (κ2) is 9.09. The maximum atomic E-state index is 12.9. The van der Waals surface area contributed by atoms with E-state index in [4.69, 9.17) is 9.47 Å². The lowest BCUT2D eigenvalue weighted by Crippen LogP contribution is -2.51. The summed E-state index contributed by atoms with van der Waals surface area (Å²) in [4.78, 5) is 41.6. The van der Waals surface area contributed by atoms with Crippen LogP contribution in [0.25, 0.3) is 10.8 Å². The van der Waals surface area contributed by atoms with E-state index in [1.54, 1.807) is 46.3 Å². The molecule has 2 aromatic carbocycles. The Morgan fingerprint density at radius 3 is 2.34 bits per heavy atom. The van der Waals surface area contributed by atoms with Crippen molar-refractivity contribution in [3.8, 4) is 11.5 Å². The fourth-order valence-corrected chi connectivity index (χ4v) is 3.78. The molecule has 9 nitrogen and oxygen atoms in total.